The lowest BCUT2D eigenvalue weighted by Gasteiger charge is -2.18. The van der Waals surface area contributed by atoms with E-state index in [1.54, 1.807) is 24.0 Å². The van der Waals surface area contributed by atoms with E-state index in [0.717, 1.165) is 0 Å². The van der Waals surface area contributed by atoms with E-state index >= 15 is 0 Å². The number of carbonyl (C=O) groups excluding carboxylic acids is 2. The first-order valence-corrected chi connectivity index (χ1v) is 6.59. The highest BCUT2D eigenvalue weighted by Crippen LogP contribution is 2.29. The minimum absolute atomic E-state index is 0.00409. The van der Waals surface area contributed by atoms with Gasteiger partial charge in [-0.15, -0.1) is 0 Å². The summed E-state index contributed by atoms with van der Waals surface area (Å²) in [6.45, 7) is 2.59. The molecule has 5 nitrogen and oxygen atoms in total. The first kappa shape index (κ1) is 13.7. The molecule has 1 fully saturated rings. The summed E-state index contributed by atoms with van der Waals surface area (Å²) >= 11 is 4.30. The number of carbonyl (C=O) groups is 2. The molecule has 0 spiro atoms. The summed E-state index contributed by atoms with van der Waals surface area (Å²) in [5.74, 6) is -0.420. The molecule has 1 aromatic rings. The van der Waals surface area contributed by atoms with Crippen LogP contribution >= 0.6 is 12.6 Å². The maximum atomic E-state index is 11.8. The Bertz CT molecular complexity index is 519. The second-order valence-electron chi connectivity index (χ2n) is 4.36. The quantitative estimate of drug-likeness (QED) is 0.500. The summed E-state index contributed by atoms with van der Waals surface area (Å²) in [4.78, 5) is 25.0. The molecule has 2 N–H and O–H groups in total. The van der Waals surface area contributed by atoms with Crippen LogP contribution in [0, 0.1) is 0 Å². The third-order valence-electron chi connectivity index (χ3n) is 2.93. The molecule has 0 bridgehead atoms. The summed E-state index contributed by atoms with van der Waals surface area (Å²) in [6.07, 6.45) is 0.405. The highest BCUT2D eigenvalue weighted by atomic mass is 32.1. The summed E-state index contributed by atoms with van der Waals surface area (Å²) in [5.41, 5.74) is 7.31. The van der Waals surface area contributed by atoms with E-state index in [1.807, 2.05) is 0 Å². The maximum absolute atomic E-state index is 11.8. The van der Waals surface area contributed by atoms with Crippen LogP contribution in [0.25, 0.3) is 0 Å². The van der Waals surface area contributed by atoms with Crippen LogP contribution in [0.3, 0.4) is 0 Å². The Morgan fingerprint density at radius 1 is 1.58 bits per heavy atom. The molecular weight excluding hydrogens is 264 g/mol. The van der Waals surface area contributed by atoms with Crippen LogP contribution in [0.2, 0.25) is 0 Å². The van der Waals surface area contributed by atoms with Crippen molar-refractivity contribution in [3.05, 3.63) is 23.8 Å². The van der Waals surface area contributed by atoms with E-state index in [2.05, 4.69) is 12.6 Å². The minimum Gasteiger partial charge on any atom is -0.462 e. The number of anilines is 2. The van der Waals surface area contributed by atoms with Crippen LogP contribution in [0.15, 0.2) is 18.2 Å². The van der Waals surface area contributed by atoms with Crippen LogP contribution < -0.4 is 10.6 Å². The first-order valence-electron chi connectivity index (χ1n) is 6.08. The van der Waals surface area contributed by atoms with E-state index in [-0.39, 0.29) is 11.2 Å². The largest absolute Gasteiger partial charge is 0.462 e. The number of hydrogen-bond donors (Lipinski definition) is 2. The molecule has 0 saturated carbocycles. The number of nitrogens with two attached hydrogens (primary N) is 1. The van der Waals surface area contributed by atoms with Crippen molar-refractivity contribution in [1.29, 1.82) is 0 Å². The van der Waals surface area contributed by atoms with Gasteiger partial charge >= 0.3 is 5.97 Å². The number of rotatable bonds is 3. The Hall–Kier alpha value is -1.69. The van der Waals surface area contributed by atoms with Crippen LogP contribution in [-0.4, -0.2) is 30.3 Å². The van der Waals surface area contributed by atoms with Gasteiger partial charge in [0.25, 0.3) is 0 Å². The number of nitrogens with zero attached hydrogens (tertiary/aromatic N) is 1. The normalized spacial score (nSPS) is 18.7. The smallest absolute Gasteiger partial charge is 0.338 e. The van der Waals surface area contributed by atoms with Gasteiger partial charge in [-0.3, -0.25) is 4.79 Å². The molecule has 1 aliphatic rings. The standard InChI is InChI=1S/C13H16N2O3S/c1-2-18-13(17)8-3-4-11(10(14)5-8)15-7-9(19)6-12(15)16/h3-5,9,19H,2,6-7,14H2,1H3. The zero-order valence-corrected chi connectivity index (χ0v) is 11.5. The Labute approximate surface area is 117 Å². The Balaban J connectivity index is 2.25. The molecule has 1 unspecified atom stereocenters. The predicted octanol–water partition coefficient (Wildman–Crippen LogP) is 1.48. The fraction of sp³-hybridized carbons (Fsp3) is 0.385. The van der Waals surface area contributed by atoms with Crippen LogP contribution in [0.1, 0.15) is 23.7 Å². The van der Waals surface area contributed by atoms with Crippen molar-refractivity contribution >= 4 is 35.9 Å². The van der Waals surface area contributed by atoms with Gasteiger partial charge in [0.15, 0.2) is 0 Å². The number of esters is 1. The molecule has 1 aromatic carbocycles. The summed E-state index contributed by atoms with van der Waals surface area (Å²) in [7, 11) is 0. The molecule has 6 heteroatoms. The second kappa shape index (κ2) is 5.52. The average Bonchev–Trinajstić information content (AvgIpc) is 2.68. The van der Waals surface area contributed by atoms with Gasteiger partial charge in [-0.2, -0.15) is 12.6 Å². The summed E-state index contributed by atoms with van der Waals surface area (Å²) in [6, 6.07) is 4.82. The molecule has 2 rings (SSSR count). The summed E-state index contributed by atoms with van der Waals surface area (Å²) in [5, 5.41) is 0.0247. The van der Waals surface area contributed by atoms with Crippen molar-refractivity contribution in [2.24, 2.45) is 0 Å². The number of nitrogen functional groups attached to an aromatic ring is 1. The van der Waals surface area contributed by atoms with E-state index < -0.39 is 5.97 Å². The first-order chi connectivity index (χ1) is 9.02. The monoisotopic (exact) mass is 280 g/mol. The molecule has 1 aliphatic heterocycles. The third-order valence-corrected chi connectivity index (χ3v) is 3.28. The van der Waals surface area contributed by atoms with E-state index in [9.17, 15) is 9.59 Å². The molecule has 102 valence electrons. The van der Waals surface area contributed by atoms with Gasteiger partial charge in [-0.25, -0.2) is 4.79 Å². The molecule has 1 amide bonds. The van der Waals surface area contributed by atoms with Crippen molar-refractivity contribution < 1.29 is 14.3 Å². The summed E-state index contributed by atoms with van der Waals surface area (Å²) < 4.78 is 4.90. The van der Waals surface area contributed by atoms with Crippen LogP contribution in [-0.2, 0) is 9.53 Å². The molecule has 0 aliphatic carbocycles. The fourth-order valence-corrected chi connectivity index (χ4v) is 2.38. The van der Waals surface area contributed by atoms with Crippen molar-refractivity contribution in [2.45, 2.75) is 18.6 Å². The Morgan fingerprint density at radius 2 is 2.32 bits per heavy atom. The maximum Gasteiger partial charge on any atom is 0.338 e. The van der Waals surface area contributed by atoms with Crippen molar-refractivity contribution in [3.63, 3.8) is 0 Å². The topological polar surface area (TPSA) is 72.6 Å². The average molecular weight is 280 g/mol. The third kappa shape index (κ3) is 2.84. The van der Waals surface area contributed by atoms with Crippen molar-refractivity contribution in [2.75, 3.05) is 23.8 Å². The number of thiol groups is 1. The fourth-order valence-electron chi connectivity index (χ4n) is 2.06. The molecule has 0 radical (unpaired) electrons. The van der Waals surface area contributed by atoms with Crippen LogP contribution in [0.4, 0.5) is 11.4 Å². The zero-order chi connectivity index (χ0) is 14.0. The molecule has 1 saturated heterocycles. The van der Waals surface area contributed by atoms with Gasteiger partial charge in [0.05, 0.1) is 23.5 Å². The lowest BCUT2D eigenvalue weighted by atomic mass is 10.1. The lowest BCUT2D eigenvalue weighted by Crippen LogP contribution is -2.25. The molecular formula is C13H16N2O3S. The van der Waals surface area contributed by atoms with Gasteiger partial charge in [-0.05, 0) is 25.1 Å². The highest BCUT2D eigenvalue weighted by molar-refractivity contribution is 7.81. The van der Waals surface area contributed by atoms with Gasteiger partial charge in [0.1, 0.15) is 0 Å². The molecule has 0 aromatic heterocycles. The molecule has 19 heavy (non-hydrogen) atoms. The predicted molar refractivity (Wildman–Crippen MR) is 76.6 cm³/mol. The van der Waals surface area contributed by atoms with Crippen molar-refractivity contribution in [3.8, 4) is 0 Å². The number of amides is 1. The second-order valence-corrected chi connectivity index (χ2v) is 5.09. The number of benzene rings is 1. The highest BCUT2D eigenvalue weighted by Gasteiger charge is 2.29. The number of hydrogen-bond acceptors (Lipinski definition) is 5. The van der Waals surface area contributed by atoms with Gasteiger partial charge in [-0.1, -0.05) is 0 Å². The Kier molecular flexibility index (Phi) is 3.99. The number of ether oxygens (including phenoxy) is 1. The van der Waals surface area contributed by atoms with Gasteiger partial charge < -0.3 is 15.4 Å². The van der Waals surface area contributed by atoms with E-state index in [4.69, 9.17) is 10.5 Å². The van der Waals surface area contributed by atoms with Gasteiger partial charge in [0, 0.05) is 18.2 Å². The van der Waals surface area contributed by atoms with E-state index in [1.165, 1.54) is 6.07 Å². The van der Waals surface area contributed by atoms with Gasteiger partial charge in [0.2, 0.25) is 5.91 Å². The van der Waals surface area contributed by atoms with Crippen molar-refractivity contribution in [1.82, 2.24) is 0 Å². The van der Waals surface area contributed by atoms with E-state index in [0.29, 0.717) is 36.5 Å². The SMILES string of the molecule is CCOC(=O)c1ccc(N2CC(S)CC2=O)c(N)c1. The molecule has 1 heterocycles. The Morgan fingerprint density at radius 3 is 2.84 bits per heavy atom. The zero-order valence-electron chi connectivity index (χ0n) is 10.6. The molecule has 1 atom stereocenters. The minimum atomic E-state index is -0.416. The van der Waals surface area contributed by atoms with Crippen LogP contribution in [0.5, 0.6) is 0 Å². The lowest BCUT2D eigenvalue weighted by molar-refractivity contribution is -0.117.